The summed E-state index contributed by atoms with van der Waals surface area (Å²) in [6.45, 7) is 2.16. The number of carbonyl (C=O) groups excluding carboxylic acids is 1. The Morgan fingerprint density at radius 2 is 2.00 bits per heavy atom. The maximum Gasteiger partial charge on any atom is 0.254 e. The fourth-order valence-electron chi connectivity index (χ4n) is 1.32. The molecule has 4 nitrogen and oxygen atoms in total. The van der Waals surface area contributed by atoms with Crippen LogP contribution in [-0.4, -0.2) is 26.5 Å². The van der Waals surface area contributed by atoms with E-state index in [0.717, 1.165) is 6.26 Å². The largest absolute Gasteiger partial charge is 0.491 e. The smallest absolute Gasteiger partial charge is 0.254 e. The van der Waals surface area contributed by atoms with Crippen molar-refractivity contribution in [3.05, 3.63) is 22.7 Å². The Morgan fingerprint density at radius 3 is 2.44 bits per heavy atom. The van der Waals surface area contributed by atoms with Crippen LogP contribution < -0.4 is 4.74 Å². The second kappa shape index (κ2) is 5.91. The molecule has 18 heavy (non-hydrogen) atoms. The lowest BCUT2D eigenvalue weighted by Gasteiger charge is -2.13. The van der Waals surface area contributed by atoms with E-state index in [0.29, 0.717) is 13.0 Å². The van der Waals surface area contributed by atoms with Crippen LogP contribution in [0, 0.1) is 0 Å². The summed E-state index contributed by atoms with van der Waals surface area (Å²) in [6.07, 6.45) is 1.72. The number of hydrogen-bond acceptors (Lipinski definition) is 4. The van der Waals surface area contributed by atoms with Gasteiger partial charge in [0, 0.05) is 6.26 Å². The monoisotopic (exact) mass is 310 g/mol. The van der Waals surface area contributed by atoms with Crippen LogP contribution in [0.25, 0.3) is 0 Å². The van der Waals surface area contributed by atoms with Crippen molar-refractivity contribution in [2.24, 2.45) is 0 Å². The van der Waals surface area contributed by atoms with Crippen LogP contribution in [0.15, 0.2) is 17.0 Å². The number of benzene rings is 1. The van der Waals surface area contributed by atoms with E-state index in [9.17, 15) is 13.2 Å². The zero-order valence-electron chi connectivity index (χ0n) is 9.87. The van der Waals surface area contributed by atoms with E-state index < -0.39 is 15.1 Å². The van der Waals surface area contributed by atoms with Gasteiger partial charge in [0.05, 0.1) is 17.2 Å². The molecule has 0 aliphatic heterocycles. The van der Waals surface area contributed by atoms with Crippen LogP contribution in [0.1, 0.15) is 23.7 Å². The molecule has 0 N–H and O–H groups in total. The molecule has 0 unspecified atom stereocenters. The van der Waals surface area contributed by atoms with Gasteiger partial charge >= 0.3 is 0 Å². The SMILES string of the molecule is CCCOc1c(S(C)(=O)=O)ccc(C(=O)Cl)c1Cl. The lowest BCUT2D eigenvalue weighted by Crippen LogP contribution is -2.06. The van der Waals surface area contributed by atoms with Crippen molar-refractivity contribution in [2.45, 2.75) is 18.2 Å². The highest BCUT2D eigenvalue weighted by atomic mass is 35.5. The third kappa shape index (κ3) is 3.37. The van der Waals surface area contributed by atoms with Crippen molar-refractivity contribution in [2.75, 3.05) is 12.9 Å². The molecule has 1 aromatic rings. The van der Waals surface area contributed by atoms with Crippen molar-refractivity contribution in [3.8, 4) is 5.75 Å². The molecule has 0 heterocycles. The van der Waals surface area contributed by atoms with E-state index in [-0.39, 0.29) is 21.2 Å². The van der Waals surface area contributed by atoms with E-state index in [2.05, 4.69) is 0 Å². The van der Waals surface area contributed by atoms with Crippen LogP contribution in [-0.2, 0) is 9.84 Å². The van der Waals surface area contributed by atoms with Crippen molar-refractivity contribution in [3.63, 3.8) is 0 Å². The second-order valence-electron chi connectivity index (χ2n) is 3.65. The molecule has 0 bridgehead atoms. The molecule has 0 amide bonds. The van der Waals surface area contributed by atoms with Crippen molar-refractivity contribution in [1.29, 1.82) is 0 Å². The Morgan fingerprint density at radius 1 is 1.39 bits per heavy atom. The van der Waals surface area contributed by atoms with E-state index in [1.807, 2.05) is 6.92 Å². The number of hydrogen-bond donors (Lipinski definition) is 0. The first-order valence-electron chi connectivity index (χ1n) is 5.14. The minimum atomic E-state index is -3.49. The molecular weight excluding hydrogens is 299 g/mol. The first-order chi connectivity index (χ1) is 8.29. The van der Waals surface area contributed by atoms with Gasteiger partial charge in [0.2, 0.25) is 0 Å². The molecule has 100 valence electrons. The van der Waals surface area contributed by atoms with Crippen molar-refractivity contribution >= 4 is 38.3 Å². The maximum atomic E-state index is 11.6. The number of sulfone groups is 1. The van der Waals surface area contributed by atoms with Gasteiger partial charge in [-0.2, -0.15) is 0 Å². The molecule has 0 aromatic heterocycles. The topological polar surface area (TPSA) is 60.4 Å². The highest BCUT2D eigenvalue weighted by Crippen LogP contribution is 2.35. The normalized spacial score (nSPS) is 11.3. The first kappa shape index (κ1) is 15.3. The van der Waals surface area contributed by atoms with E-state index in [4.69, 9.17) is 27.9 Å². The van der Waals surface area contributed by atoms with E-state index in [1.165, 1.54) is 12.1 Å². The second-order valence-corrected chi connectivity index (χ2v) is 6.35. The average molecular weight is 311 g/mol. The van der Waals surface area contributed by atoms with E-state index in [1.54, 1.807) is 0 Å². The van der Waals surface area contributed by atoms with Crippen molar-refractivity contribution < 1.29 is 17.9 Å². The highest BCUT2D eigenvalue weighted by Gasteiger charge is 2.22. The summed E-state index contributed by atoms with van der Waals surface area (Å²) in [5.74, 6) is -0.0208. The van der Waals surface area contributed by atoms with Crippen LogP contribution in [0.3, 0.4) is 0 Å². The van der Waals surface area contributed by atoms with Gasteiger partial charge in [0.25, 0.3) is 5.24 Å². The van der Waals surface area contributed by atoms with E-state index >= 15 is 0 Å². The van der Waals surface area contributed by atoms with Gasteiger partial charge in [0.1, 0.15) is 4.90 Å². The Labute approximate surface area is 116 Å². The van der Waals surface area contributed by atoms with Crippen LogP contribution in [0.5, 0.6) is 5.75 Å². The first-order valence-corrected chi connectivity index (χ1v) is 7.79. The predicted molar refractivity (Wildman–Crippen MR) is 70.5 cm³/mol. The Balaban J connectivity index is 3.46. The zero-order chi connectivity index (χ0) is 13.9. The van der Waals surface area contributed by atoms with Gasteiger partial charge in [-0.25, -0.2) is 8.42 Å². The minimum absolute atomic E-state index is 0.0208. The van der Waals surface area contributed by atoms with Gasteiger partial charge < -0.3 is 4.74 Å². The molecule has 1 rings (SSSR count). The molecule has 0 saturated carbocycles. The molecule has 7 heteroatoms. The third-order valence-corrected chi connectivity index (χ3v) is 3.82. The summed E-state index contributed by atoms with van der Waals surface area (Å²) in [5, 5.41) is -0.840. The molecule has 0 fully saturated rings. The van der Waals surface area contributed by atoms with Gasteiger partial charge in [0.15, 0.2) is 15.6 Å². The molecule has 1 aromatic carbocycles. The molecule has 0 aliphatic rings. The van der Waals surface area contributed by atoms with Crippen LogP contribution in [0.2, 0.25) is 5.02 Å². The Hall–Kier alpha value is -0.780. The molecule has 0 radical (unpaired) electrons. The van der Waals surface area contributed by atoms with Crippen LogP contribution in [0.4, 0.5) is 0 Å². The van der Waals surface area contributed by atoms with Gasteiger partial charge in [-0.1, -0.05) is 18.5 Å². The lowest BCUT2D eigenvalue weighted by atomic mass is 10.2. The average Bonchev–Trinajstić information content (AvgIpc) is 2.25. The summed E-state index contributed by atoms with van der Waals surface area (Å²) >= 11 is 11.3. The minimum Gasteiger partial charge on any atom is -0.491 e. The Bertz CT molecular complexity index is 567. The fraction of sp³-hybridized carbons (Fsp3) is 0.364. The molecule has 0 aliphatic carbocycles. The summed E-state index contributed by atoms with van der Waals surface area (Å²) in [5.41, 5.74) is 0.0248. The zero-order valence-corrected chi connectivity index (χ0v) is 12.2. The lowest BCUT2D eigenvalue weighted by molar-refractivity contribution is 0.108. The predicted octanol–water partition coefficient (Wildman–Crippen LogP) is 2.91. The Kier molecular flexibility index (Phi) is 5.01. The van der Waals surface area contributed by atoms with Crippen molar-refractivity contribution in [1.82, 2.24) is 0 Å². The van der Waals surface area contributed by atoms with Gasteiger partial charge in [-0.05, 0) is 30.2 Å². The van der Waals surface area contributed by atoms with Crippen LogP contribution >= 0.6 is 23.2 Å². The molecule has 0 saturated heterocycles. The highest BCUT2D eigenvalue weighted by molar-refractivity contribution is 7.90. The summed E-state index contributed by atoms with van der Waals surface area (Å²) in [6, 6.07) is 2.54. The fourth-order valence-corrected chi connectivity index (χ4v) is 2.70. The number of rotatable bonds is 5. The van der Waals surface area contributed by atoms with Gasteiger partial charge in [-0.15, -0.1) is 0 Å². The third-order valence-electron chi connectivity index (χ3n) is 2.12. The number of carbonyl (C=O) groups is 1. The summed E-state index contributed by atoms with van der Waals surface area (Å²) in [4.78, 5) is 11.1. The summed E-state index contributed by atoms with van der Waals surface area (Å²) < 4.78 is 28.5. The maximum absolute atomic E-state index is 11.6. The number of ether oxygens (including phenoxy) is 1. The molecular formula is C11H12Cl2O4S. The summed E-state index contributed by atoms with van der Waals surface area (Å²) in [7, 11) is -3.49. The van der Waals surface area contributed by atoms with Gasteiger partial charge in [-0.3, -0.25) is 4.79 Å². The molecule has 0 atom stereocenters. The standard InChI is InChI=1S/C11H12Cl2O4S/c1-3-6-17-10-8(18(2,15)16)5-4-7(9(10)12)11(13)14/h4-5H,3,6H2,1-2H3. The number of halogens is 2. The molecule has 0 spiro atoms. The quantitative estimate of drug-likeness (QED) is 0.785.